The molecule has 1 amide bonds. The van der Waals surface area contributed by atoms with Crippen molar-refractivity contribution in [2.45, 2.75) is 37.9 Å². The summed E-state index contributed by atoms with van der Waals surface area (Å²) in [5.41, 5.74) is 1.11. The van der Waals surface area contributed by atoms with E-state index in [1.807, 2.05) is 0 Å². The lowest BCUT2D eigenvalue weighted by atomic mass is 10.2. The third-order valence-corrected chi connectivity index (χ3v) is 4.81. The van der Waals surface area contributed by atoms with Crippen LogP contribution in [0, 0.1) is 17.0 Å². The van der Waals surface area contributed by atoms with Crippen LogP contribution in [0.4, 0.5) is 11.4 Å². The van der Waals surface area contributed by atoms with Crippen LogP contribution in [-0.4, -0.2) is 21.8 Å². The van der Waals surface area contributed by atoms with Crippen molar-refractivity contribution < 1.29 is 9.72 Å². The van der Waals surface area contributed by atoms with E-state index in [4.69, 9.17) is 0 Å². The number of nitrogens with zero attached hydrogens (tertiary/aromatic N) is 1. The molecule has 0 bridgehead atoms. The van der Waals surface area contributed by atoms with Crippen LogP contribution in [0.2, 0.25) is 0 Å². The zero-order valence-corrected chi connectivity index (χ0v) is 12.2. The van der Waals surface area contributed by atoms with Crippen molar-refractivity contribution >= 4 is 29.0 Å². The van der Waals surface area contributed by atoms with Crippen LogP contribution in [0.1, 0.15) is 31.2 Å². The first kappa shape index (κ1) is 14.8. The van der Waals surface area contributed by atoms with Gasteiger partial charge in [-0.1, -0.05) is 18.9 Å². The molecule has 1 N–H and O–H groups in total. The van der Waals surface area contributed by atoms with Gasteiger partial charge in [-0.2, -0.15) is 0 Å². The molecule has 108 valence electrons. The predicted molar refractivity (Wildman–Crippen MR) is 81.2 cm³/mol. The van der Waals surface area contributed by atoms with Gasteiger partial charge in [0, 0.05) is 22.6 Å². The highest BCUT2D eigenvalue weighted by Gasteiger charge is 2.17. The molecule has 0 unspecified atom stereocenters. The second-order valence-corrected chi connectivity index (χ2v) is 6.31. The minimum absolute atomic E-state index is 0.0336. The second kappa shape index (κ2) is 6.74. The van der Waals surface area contributed by atoms with Gasteiger partial charge in [-0.05, 0) is 25.8 Å². The summed E-state index contributed by atoms with van der Waals surface area (Å²) in [4.78, 5) is 22.2. The molecule has 0 radical (unpaired) electrons. The van der Waals surface area contributed by atoms with Crippen molar-refractivity contribution in [1.82, 2.24) is 0 Å². The average molecular weight is 294 g/mol. The summed E-state index contributed by atoms with van der Waals surface area (Å²) in [6.45, 7) is 1.68. The zero-order chi connectivity index (χ0) is 14.5. The number of nitro groups is 1. The minimum Gasteiger partial charge on any atom is -0.325 e. The molecular formula is C14H18N2O3S. The van der Waals surface area contributed by atoms with Crippen LogP contribution in [-0.2, 0) is 4.79 Å². The third kappa shape index (κ3) is 3.96. The second-order valence-electron chi connectivity index (χ2n) is 5.02. The number of anilines is 1. The number of aryl methyl sites for hydroxylation is 1. The molecule has 1 fully saturated rings. The standard InChI is InChI=1S/C14H18N2O3S/c1-10-6-7-11(8-13(10)16(18)19)15-14(17)9-20-12-4-2-3-5-12/h6-8,12H,2-5,9H2,1H3,(H,15,17). The Morgan fingerprint density at radius 3 is 2.80 bits per heavy atom. The molecule has 1 saturated carbocycles. The smallest absolute Gasteiger partial charge is 0.274 e. The molecule has 1 aliphatic carbocycles. The maximum atomic E-state index is 11.8. The SMILES string of the molecule is Cc1ccc(NC(=O)CSC2CCCC2)cc1[N+](=O)[O-]. The van der Waals surface area contributed by atoms with Crippen LogP contribution in [0.5, 0.6) is 0 Å². The minimum atomic E-state index is -0.432. The highest BCUT2D eigenvalue weighted by molar-refractivity contribution is 8.00. The van der Waals surface area contributed by atoms with Gasteiger partial charge < -0.3 is 5.32 Å². The summed E-state index contributed by atoms with van der Waals surface area (Å²) in [5, 5.41) is 14.2. The molecule has 1 aromatic carbocycles. The van der Waals surface area contributed by atoms with Gasteiger partial charge in [0.2, 0.25) is 5.91 Å². The largest absolute Gasteiger partial charge is 0.325 e. The quantitative estimate of drug-likeness (QED) is 0.666. The number of nitro benzene ring substituents is 1. The lowest BCUT2D eigenvalue weighted by molar-refractivity contribution is -0.385. The number of nitrogens with one attached hydrogen (secondary N) is 1. The lowest BCUT2D eigenvalue weighted by Gasteiger charge is -2.09. The van der Waals surface area contributed by atoms with Gasteiger partial charge in [0.05, 0.1) is 10.7 Å². The zero-order valence-electron chi connectivity index (χ0n) is 11.4. The normalized spacial score (nSPS) is 15.2. The summed E-state index contributed by atoms with van der Waals surface area (Å²) in [6.07, 6.45) is 4.88. The summed E-state index contributed by atoms with van der Waals surface area (Å²) in [6, 6.07) is 4.76. The summed E-state index contributed by atoms with van der Waals surface area (Å²) < 4.78 is 0. The first-order chi connectivity index (χ1) is 9.56. The van der Waals surface area contributed by atoms with E-state index in [9.17, 15) is 14.9 Å². The summed E-state index contributed by atoms with van der Waals surface area (Å²) in [7, 11) is 0. The van der Waals surface area contributed by atoms with Crippen molar-refractivity contribution in [3.8, 4) is 0 Å². The van der Waals surface area contributed by atoms with Gasteiger partial charge in [0.1, 0.15) is 0 Å². The average Bonchev–Trinajstić information content (AvgIpc) is 2.91. The molecular weight excluding hydrogens is 276 g/mol. The van der Waals surface area contributed by atoms with Crippen LogP contribution < -0.4 is 5.32 Å². The number of hydrogen-bond donors (Lipinski definition) is 1. The maximum Gasteiger partial charge on any atom is 0.274 e. The first-order valence-electron chi connectivity index (χ1n) is 6.73. The van der Waals surface area contributed by atoms with E-state index in [-0.39, 0.29) is 11.6 Å². The van der Waals surface area contributed by atoms with Crippen LogP contribution in [0.15, 0.2) is 18.2 Å². The van der Waals surface area contributed by atoms with E-state index in [2.05, 4.69) is 5.32 Å². The van der Waals surface area contributed by atoms with E-state index in [1.54, 1.807) is 30.8 Å². The van der Waals surface area contributed by atoms with Gasteiger partial charge in [0.25, 0.3) is 5.69 Å². The van der Waals surface area contributed by atoms with Crippen molar-refractivity contribution in [2.75, 3.05) is 11.1 Å². The fourth-order valence-electron chi connectivity index (χ4n) is 2.33. The number of rotatable bonds is 5. The molecule has 1 aromatic rings. The summed E-state index contributed by atoms with van der Waals surface area (Å²) in [5.74, 6) is 0.312. The monoisotopic (exact) mass is 294 g/mol. The number of benzene rings is 1. The molecule has 0 aliphatic heterocycles. The van der Waals surface area contributed by atoms with Gasteiger partial charge in [0.15, 0.2) is 0 Å². The topological polar surface area (TPSA) is 72.2 Å². The molecule has 20 heavy (non-hydrogen) atoms. The summed E-state index contributed by atoms with van der Waals surface area (Å²) >= 11 is 1.68. The molecule has 0 saturated heterocycles. The third-order valence-electron chi connectivity index (χ3n) is 3.44. The van der Waals surface area contributed by atoms with E-state index in [0.29, 0.717) is 22.3 Å². The van der Waals surface area contributed by atoms with Gasteiger partial charge >= 0.3 is 0 Å². The molecule has 0 heterocycles. The van der Waals surface area contributed by atoms with E-state index >= 15 is 0 Å². The Morgan fingerprint density at radius 1 is 1.45 bits per heavy atom. The molecule has 2 rings (SSSR count). The predicted octanol–water partition coefficient (Wildman–Crippen LogP) is 3.52. The number of thioether (sulfide) groups is 1. The van der Waals surface area contributed by atoms with E-state index < -0.39 is 4.92 Å². The fraction of sp³-hybridized carbons (Fsp3) is 0.500. The maximum absolute atomic E-state index is 11.8. The van der Waals surface area contributed by atoms with Crippen molar-refractivity contribution in [3.05, 3.63) is 33.9 Å². The number of hydrogen-bond acceptors (Lipinski definition) is 4. The molecule has 1 aliphatic rings. The number of amides is 1. The Balaban J connectivity index is 1.90. The Morgan fingerprint density at radius 2 is 2.15 bits per heavy atom. The first-order valence-corrected chi connectivity index (χ1v) is 7.77. The van der Waals surface area contributed by atoms with Crippen LogP contribution >= 0.6 is 11.8 Å². The Hall–Kier alpha value is -1.56. The van der Waals surface area contributed by atoms with Crippen molar-refractivity contribution in [3.63, 3.8) is 0 Å². The Labute approximate surface area is 122 Å². The van der Waals surface area contributed by atoms with E-state index in [0.717, 1.165) is 0 Å². The van der Waals surface area contributed by atoms with Crippen molar-refractivity contribution in [2.24, 2.45) is 0 Å². The molecule has 0 spiro atoms. The Kier molecular flexibility index (Phi) is 5.00. The van der Waals surface area contributed by atoms with Crippen molar-refractivity contribution in [1.29, 1.82) is 0 Å². The van der Waals surface area contributed by atoms with Gasteiger partial charge in [-0.3, -0.25) is 14.9 Å². The van der Waals surface area contributed by atoms with Crippen LogP contribution in [0.25, 0.3) is 0 Å². The fourth-order valence-corrected chi connectivity index (χ4v) is 3.46. The molecule has 6 heteroatoms. The molecule has 5 nitrogen and oxygen atoms in total. The van der Waals surface area contributed by atoms with Crippen LogP contribution in [0.3, 0.4) is 0 Å². The number of carbonyl (C=O) groups excluding carboxylic acids is 1. The molecule has 0 atom stereocenters. The highest BCUT2D eigenvalue weighted by atomic mass is 32.2. The van der Waals surface area contributed by atoms with Gasteiger partial charge in [-0.25, -0.2) is 0 Å². The van der Waals surface area contributed by atoms with Gasteiger partial charge in [-0.15, -0.1) is 11.8 Å². The van der Waals surface area contributed by atoms with E-state index in [1.165, 1.54) is 31.7 Å². The molecule has 0 aromatic heterocycles. The highest BCUT2D eigenvalue weighted by Crippen LogP contribution is 2.29. The number of carbonyl (C=O) groups is 1. The Bertz CT molecular complexity index is 513. The lowest BCUT2D eigenvalue weighted by Crippen LogP contribution is -2.16.